The van der Waals surface area contributed by atoms with Crippen molar-refractivity contribution in [3.63, 3.8) is 0 Å². The van der Waals surface area contributed by atoms with Crippen LogP contribution in [-0.4, -0.2) is 84.0 Å². The second kappa shape index (κ2) is 10.4. The average Bonchev–Trinajstić information content (AvgIpc) is 2.63. The fraction of sp³-hybridized carbons (Fsp3) is 0.625. The van der Waals surface area contributed by atoms with E-state index in [0.29, 0.717) is 0 Å². The summed E-state index contributed by atoms with van der Waals surface area (Å²) in [6.07, 6.45) is 0.600. The molecular formula is C16H25N3O7. The molecule has 1 heterocycles. The Morgan fingerprint density at radius 2 is 1.54 bits per heavy atom. The number of hydrogen-bond acceptors (Lipinski definition) is 7. The summed E-state index contributed by atoms with van der Waals surface area (Å²) >= 11 is 0. The molecule has 1 N–H and O–H groups in total. The van der Waals surface area contributed by atoms with Crippen molar-refractivity contribution in [2.45, 2.75) is 32.0 Å². The zero-order valence-electron chi connectivity index (χ0n) is 15.0. The van der Waals surface area contributed by atoms with Crippen molar-refractivity contribution in [2.24, 2.45) is 0 Å². The minimum Gasteiger partial charge on any atom is -0.469 e. The molecule has 0 aliphatic carbocycles. The second-order valence-corrected chi connectivity index (χ2v) is 5.56. The maximum absolute atomic E-state index is 12.6. The molecule has 0 bridgehead atoms. The highest BCUT2D eigenvalue weighted by molar-refractivity contribution is 5.96. The summed E-state index contributed by atoms with van der Waals surface area (Å²) in [6, 6.07) is -1.35. The molecule has 1 unspecified atom stereocenters. The average molecular weight is 371 g/mol. The van der Waals surface area contributed by atoms with Crippen molar-refractivity contribution in [2.75, 3.05) is 33.9 Å². The third-order valence-corrected chi connectivity index (χ3v) is 3.83. The van der Waals surface area contributed by atoms with Gasteiger partial charge in [0.15, 0.2) is 0 Å². The number of aliphatic hydroxyl groups excluding tert-OH is 1. The topological polar surface area (TPSA) is 117 Å². The number of carbonyl (C=O) groups is 4. The summed E-state index contributed by atoms with van der Waals surface area (Å²) in [5, 5.41) is 10.3. The van der Waals surface area contributed by atoms with Gasteiger partial charge >= 0.3 is 24.0 Å². The lowest BCUT2D eigenvalue weighted by molar-refractivity contribution is -0.141. The van der Waals surface area contributed by atoms with Gasteiger partial charge in [0.2, 0.25) is 6.35 Å². The first-order valence-corrected chi connectivity index (χ1v) is 8.18. The molecule has 1 atom stereocenters. The van der Waals surface area contributed by atoms with Crippen LogP contribution in [0.15, 0.2) is 12.7 Å². The summed E-state index contributed by atoms with van der Waals surface area (Å²) in [4.78, 5) is 50.6. The van der Waals surface area contributed by atoms with E-state index in [1.165, 1.54) is 20.3 Å². The van der Waals surface area contributed by atoms with Crippen LogP contribution < -0.4 is 0 Å². The van der Waals surface area contributed by atoms with E-state index in [4.69, 9.17) is 0 Å². The Morgan fingerprint density at radius 3 is 2.04 bits per heavy atom. The number of hydrogen-bond donors (Lipinski definition) is 1. The van der Waals surface area contributed by atoms with Crippen LogP contribution in [0.4, 0.5) is 9.59 Å². The Labute approximate surface area is 151 Å². The van der Waals surface area contributed by atoms with Crippen LogP contribution >= 0.6 is 0 Å². The van der Waals surface area contributed by atoms with Gasteiger partial charge in [0, 0.05) is 32.5 Å². The van der Waals surface area contributed by atoms with Gasteiger partial charge in [-0.1, -0.05) is 6.08 Å². The molecule has 0 radical (unpaired) electrons. The molecule has 0 aromatic carbocycles. The minimum absolute atomic E-state index is 0.000626. The molecule has 1 aliphatic rings. The lowest BCUT2D eigenvalue weighted by atomic mass is 10.2. The molecule has 0 aromatic rings. The van der Waals surface area contributed by atoms with Crippen molar-refractivity contribution in [3.8, 4) is 0 Å². The van der Waals surface area contributed by atoms with E-state index >= 15 is 0 Å². The van der Waals surface area contributed by atoms with Crippen LogP contribution in [0.3, 0.4) is 0 Å². The van der Waals surface area contributed by atoms with Crippen molar-refractivity contribution in [1.29, 1.82) is 0 Å². The maximum atomic E-state index is 12.6. The second-order valence-electron chi connectivity index (χ2n) is 5.56. The largest absolute Gasteiger partial charge is 0.469 e. The first kappa shape index (κ1) is 21.4. The lowest BCUT2D eigenvalue weighted by Crippen LogP contribution is -2.66. The number of rotatable bonds is 10. The molecule has 1 aliphatic heterocycles. The van der Waals surface area contributed by atoms with Gasteiger partial charge in [-0.3, -0.25) is 19.4 Å². The third-order valence-electron chi connectivity index (χ3n) is 3.83. The molecule has 1 saturated heterocycles. The van der Waals surface area contributed by atoms with E-state index in [1.807, 2.05) is 0 Å². The number of urea groups is 2. The molecule has 26 heavy (non-hydrogen) atoms. The van der Waals surface area contributed by atoms with E-state index in [9.17, 15) is 24.3 Å². The summed E-state index contributed by atoms with van der Waals surface area (Å²) < 4.78 is 9.07. The number of amides is 4. The molecule has 0 aromatic heterocycles. The molecule has 0 saturated carbocycles. The summed E-state index contributed by atoms with van der Waals surface area (Å²) in [7, 11) is 2.52. The van der Waals surface area contributed by atoms with Crippen molar-refractivity contribution >= 4 is 24.0 Å². The fourth-order valence-corrected chi connectivity index (χ4v) is 2.45. The van der Waals surface area contributed by atoms with Crippen LogP contribution in [0, 0.1) is 0 Å². The Hall–Kier alpha value is -2.62. The smallest absolute Gasteiger partial charge is 0.331 e. The van der Waals surface area contributed by atoms with E-state index in [-0.39, 0.29) is 45.3 Å². The van der Waals surface area contributed by atoms with Crippen LogP contribution in [0.2, 0.25) is 0 Å². The van der Waals surface area contributed by atoms with E-state index in [0.717, 1.165) is 14.7 Å². The molecule has 4 amide bonds. The number of carbonyl (C=O) groups excluding carboxylic acids is 4. The summed E-state index contributed by atoms with van der Waals surface area (Å²) in [5.74, 6) is -0.877. The quantitative estimate of drug-likeness (QED) is 0.439. The van der Waals surface area contributed by atoms with Gasteiger partial charge < -0.3 is 14.6 Å². The third kappa shape index (κ3) is 5.45. The molecule has 0 spiro atoms. The fourth-order valence-electron chi connectivity index (χ4n) is 2.45. The number of imide groups is 1. The Bertz CT molecular complexity index is 552. The summed E-state index contributed by atoms with van der Waals surface area (Å²) in [5.41, 5.74) is 0. The van der Waals surface area contributed by atoms with Crippen LogP contribution in [0.25, 0.3) is 0 Å². The van der Waals surface area contributed by atoms with Crippen LogP contribution in [0.5, 0.6) is 0 Å². The Morgan fingerprint density at radius 1 is 1.04 bits per heavy atom. The molecule has 146 valence electrons. The molecule has 10 nitrogen and oxygen atoms in total. The predicted molar refractivity (Wildman–Crippen MR) is 89.6 cm³/mol. The van der Waals surface area contributed by atoms with Gasteiger partial charge in [-0.05, 0) is 12.8 Å². The van der Waals surface area contributed by atoms with Crippen LogP contribution in [0.1, 0.15) is 25.7 Å². The van der Waals surface area contributed by atoms with E-state index < -0.39 is 30.4 Å². The van der Waals surface area contributed by atoms with Gasteiger partial charge in [0.1, 0.15) is 0 Å². The SMILES string of the molecule is C=CCN1C(=O)N(CCCC(=O)OC)C(=O)N(CCCC(=O)OC)C1O. The highest BCUT2D eigenvalue weighted by Gasteiger charge is 2.42. The predicted octanol–water partition coefficient (Wildman–Crippen LogP) is 0.514. The number of aliphatic hydroxyl groups is 1. The Kier molecular flexibility index (Phi) is 8.56. The van der Waals surface area contributed by atoms with Crippen molar-refractivity contribution in [1.82, 2.24) is 14.7 Å². The minimum atomic E-state index is -1.46. The number of nitrogens with zero attached hydrogens (tertiary/aromatic N) is 3. The first-order chi connectivity index (χ1) is 12.4. The van der Waals surface area contributed by atoms with Gasteiger partial charge in [-0.25, -0.2) is 14.5 Å². The monoisotopic (exact) mass is 371 g/mol. The number of esters is 2. The highest BCUT2D eigenvalue weighted by atomic mass is 16.5. The molecule has 10 heteroatoms. The van der Waals surface area contributed by atoms with Crippen molar-refractivity contribution in [3.05, 3.63) is 12.7 Å². The van der Waals surface area contributed by atoms with Gasteiger partial charge in [0.05, 0.1) is 14.2 Å². The van der Waals surface area contributed by atoms with Gasteiger partial charge in [-0.2, -0.15) is 0 Å². The standard InChI is InChI=1S/C16H25N3O7/c1-4-9-17-14(22)18(10-5-7-12(20)25-2)16(24)19(15(17)23)11-6-8-13(21)26-3/h4,14,22H,1,5-11H2,2-3H3. The van der Waals surface area contributed by atoms with Gasteiger partial charge in [-0.15, -0.1) is 6.58 Å². The molecule has 1 fully saturated rings. The van der Waals surface area contributed by atoms with E-state index in [1.54, 1.807) is 0 Å². The summed E-state index contributed by atoms with van der Waals surface area (Å²) in [6.45, 7) is 3.63. The molecular weight excluding hydrogens is 346 g/mol. The first-order valence-electron chi connectivity index (χ1n) is 8.18. The van der Waals surface area contributed by atoms with Gasteiger partial charge in [0.25, 0.3) is 0 Å². The number of methoxy groups -OCH3 is 2. The zero-order valence-corrected chi connectivity index (χ0v) is 15.0. The number of ether oxygens (including phenoxy) is 2. The zero-order chi connectivity index (χ0) is 19.7. The Balaban J connectivity index is 2.82. The lowest BCUT2D eigenvalue weighted by Gasteiger charge is -2.44. The normalized spacial score (nSPS) is 17.3. The highest BCUT2D eigenvalue weighted by Crippen LogP contribution is 2.19. The molecule has 1 rings (SSSR count). The van der Waals surface area contributed by atoms with Crippen LogP contribution in [-0.2, 0) is 19.1 Å². The van der Waals surface area contributed by atoms with Crippen molar-refractivity contribution < 1.29 is 33.8 Å². The van der Waals surface area contributed by atoms with E-state index in [2.05, 4.69) is 16.1 Å². The maximum Gasteiger partial charge on any atom is 0.331 e.